The van der Waals surface area contributed by atoms with Gasteiger partial charge < -0.3 is 10.6 Å². The van der Waals surface area contributed by atoms with Crippen LogP contribution < -0.4 is 10.6 Å². The number of nitrogens with one attached hydrogen (secondary N) is 2. The van der Waals surface area contributed by atoms with Crippen LogP contribution >= 0.6 is 0 Å². The summed E-state index contributed by atoms with van der Waals surface area (Å²) < 4.78 is 0. The van der Waals surface area contributed by atoms with E-state index in [2.05, 4.69) is 34.9 Å². The first-order chi connectivity index (χ1) is 14.5. The number of hydrogen-bond donors (Lipinski definition) is 2. The Morgan fingerprint density at radius 1 is 1.07 bits per heavy atom. The molecule has 30 heavy (non-hydrogen) atoms. The molecule has 2 aliphatic rings. The first-order valence-electron chi connectivity index (χ1n) is 10.5. The number of nitrogens with zero attached hydrogens (tertiary/aromatic N) is 1. The molecule has 2 N–H and O–H groups in total. The fourth-order valence-corrected chi connectivity index (χ4v) is 4.25. The Labute approximate surface area is 176 Å². The van der Waals surface area contributed by atoms with Crippen molar-refractivity contribution in [2.24, 2.45) is 5.92 Å². The number of rotatable bonds is 8. The minimum Gasteiger partial charge on any atom is -0.355 e. The second-order valence-corrected chi connectivity index (χ2v) is 8.31. The van der Waals surface area contributed by atoms with E-state index in [1.54, 1.807) is 6.92 Å². The highest BCUT2D eigenvalue weighted by molar-refractivity contribution is 6.09. The lowest BCUT2D eigenvalue weighted by atomic mass is 9.88. The summed E-state index contributed by atoms with van der Waals surface area (Å²) in [6, 6.07) is 19.9. The number of hydrogen-bond acceptors (Lipinski definition) is 3. The maximum atomic E-state index is 12.7. The highest BCUT2D eigenvalue weighted by Crippen LogP contribution is 2.42. The summed E-state index contributed by atoms with van der Waals surface area (Å²) in [5.74, 6) is -0.280. The summed E-state index contributed by atoms with van der Waals surface area (Å²) in [4.78, 5) is 38.4. The zero-order valence-corrected chi connectivity index (χ0v) is 17.1. The van der Waals surface area contributed by atoms with Crippen molar-refractivity contribution in [2.45, 2.75) is 37.6 Å². The van der Waals surface area contributed by atoms with E-state index in [1.807, 2.05) is 36.4 Å². The van der Waals surface area contributed by atoms with Gasteiger partial charge in [-0.1, -0.05) is 60.7 Å². The van der Waals surface area contributed by atoms with Gasteiger partial charge in [-0.15, -0.1) is 0 Å². The van der Waals surface area contributed by atoms with Crippen molar-refractivity contribution in [2.75, 3.05) is 13.1 Å². The third kappa shape index (κ3) is 4.08. The highest BCUT2D eigenvalue weighted by atomic mass is 16.2. The normalized spacial score (nSPS) is 21.1. The van der Waals surface area contributed by atoms with Crippen molar-refractivity contribution >= 4 is 17.8 Å². The minimum absolute atomic E-state index is 0.155. The van der Waals surface area contributed by atoms with Crippen LogP contribution in [0.5, 0.6) is 0 Å². The van der Waals surface area contributed by atoms with Crippen LogP contribution in [0, 0.1) is 5.92 Å². The van der Waals surface area contributed by atoms with Crippen molar-refractivity contribution in [3.05, 3.63) is 71.8 Å². The molecule has 1 heterocycles. The van der Waals surface area contributed by atoms with E-state index in [9.17, 15) is 14.4 Å². The van der Waals surface area contributed by atoms with Gasteiger partial charge in [-0.25, -0.2) is 4.79 Å². The van der Waals surface area contributed by atoms with Gasteiger partial charge >= 0.3 is 6.03 Å². The second kappa shape index (κ2) is 8.30. The predicted octanol–water partition coefficient (Wildman–Crippen LogP) is 3.05. The predicted molar refractivity (Wildman–Crippen MR) is 114 cm³/mol. The molecule has 1 saturated carbocycles. The van der Waals surface area contributed by atoms with Crippen molar-refractivity contribution in [1.29, 1.82) is 0 Å². The Balaban J connectivity index is 1.35. The fraction of sp³-hybridized carbons (Fsp3) is 0.375. The molecule has 4 rings (SSSR count). The van der Waals surface area contributed by atoms with Gasteiger partial charge in [0.05, 0.1) is 0 Å². The lowest BCUT2D eigenvalue weighted by molar-refractivity contribution is -0.135. The molecule has 0 radical (unpaired) electrons. The molecular formula is C24H27N3O3. The van der Waals surface area contributed by atoms with Crippen LogP contribution in [0.3, 0.4) is 0 Å². The first-order valence-corrected chi connectivity index (χ1v) is 10.5. The molecule has 156 valence electrons. The third-order valence-corrected chi connectivity index (χ3v) is 6.16. The van der Waals surface area contributed by atoms with Gasteiger partial charge in [0.15, 0.2) is 0 Å². The summed E-state index contributed by atoms with van der Waals surface area (Å²) in [7, 11) is 0. The molecule has 0 unspecified atom stereocenters. The lowest BCUT2D eigenvalue weighted by Gasteiger charge is -2.21. The van der Waals surface area contributed by atoms with Crippen LogP contribution in [0.1, 0.15) is 43.2 Å². The number of carbonyl (C=O) groups excluding carboxylic acids is 3. The molecule has 4 amide bonds. The number of carbonyl (C=O) groups is 3. The van der Waals surface area contributed by atoms with Gasteiger partial charge in [0, 0.05) is 12.5 Å². The standard InChI is InChI=1S/C24H27N3O3/c1-24(19-12-13-19)22(29)27(23(30)26-24)16-21(28)25-15-14-20(17-8-4-2-5-9-17)18-10-6-3-7-11-18/h2-11,19-20H,12-16H2,1H3,(H,25,28)(H,26,30)/t24-/m0/s1. The Morgan fingerprint density at radius 3 is 2.17 bits per heavy atom. The second-order valence-electron chi connectivity index (χ2n) is 8.31. The largest absolute Gasteiger partial charge is 0.355 e. The van der Waals surface area contributed by atoms with Crippen LogP contribution in [-0.2, 0) is 9.59 Å². The molecule has 1 aliphatic carbocycles. The fourth-order valence-electron chi connectivity index (χ4n) is 4.25. The monoisotopic (exact) mass is 405 g/mol. The van der Waals surface area contributed by atoms with E-state index in [4.69, 9.17) is 0 Å². The van der Waals surface area contributed by atoms with Crippen LogP contribution in [0.4, 0.5) is 4.79 Å². The molecule has 6 heteroatoms. The Morgan fingerprint density at radius 2 is 1.63 bits per heavy atom. The molecule has 2 aromatic rings. The maximum Gasteiger partial charge on any atom is 0.325 e. The Hall–Kier alpha value is -3.15. The molecule has 1 aliphatic heterocycles. The smallest absolute Gasteiger partial charge is 0.325 e. The summed E-state index contributed by atoms with van der Waals surface area (Å²) in [5.41, 5.74) is 1.52. The van der Waals surface area contributed by atoms with Crippen molar-refractivity contribution in [3.8, 4) is 0 Å². The number of imide groups is 1. The number of benzene rings is 2. The van der Waals surface area contributed by atoms with E-state index in [0.717, 1.165) is 24.2 Å². The van der Waals surface area contributed by atoms with Crippen LogP contribution in [0.25, 0.3) is 0 Å². The van der Waals surface area contributed by atoms with E-state index in [1.165, 1.54) is 11.1 Å². The lowest BCUT2D eigenvalue weighted by Crippen LogP contribution is -2.47. The van der Waals surface area contributed by atoms with Gasteiger partial charge in [-0.2, -0.15) is 0 Å². The molecule has 1 saturated heterocycles. The molecule has 2 fully saturated rings. The van der Waals surface area contributed by atoms with Gasteiger partial charge in [0.2, 0.25) is 5.91 Å². The van der Waals surface area contributed by atoms with E-state index >= 15 is 0 Å². The zero-order chi connectivity index (χ0) is 21.1. The van der Waals surface area contributed by atoms with Crippen molar-refractivity contribution < 1.29 is 14.4 Å². The summed E-state index contributed by atoms with van der Waals surface area (Å²) >= 11 is 0. The van der Waals surface area contributed by atoms with E-state index in [0.29, 0.717) is 6.54 Å². The average molecular weight is 405 g/mol. The van der Waals surface area contributed by atoms with Crippen molar-refractivity contribution in [3.63, 3.8) is 0 Å². The van der Waals surface area contributed by atoms with Crippen LogP contribution in [0.2, 0.25) is 0 Å². The number of amides is 4. The molecule has 2 aromatic carbocycles. The third-order valence-electron chi connectivity index (χ3n) is 6.16. The average Bonchev–Trinajstić information content (AvgIpc) is 3.59. The van der Waals surface area contributed by atoms with Crippen LogP contribution in [-0.4, -0.2) is 41.4 Å². The van der Waals surface area contributed by atoms with E-state index < -0.39 is 11.6 Å². The topological polar surface area (TPSA) is 78.5 Å². The molecule has 0 spiro atoms. The maximum absolute atomic E-state index is 12.7. The Bertz CT molecular complexity index is 888. The highest BCUT2D eigenvalue weighted by Gasteiger charge is 2.56. The SMILES string of the molecule is C[C@@]1(C2CC2)NC(=O)N(CC(=O)NCCC(c2ccccc2)c2ccccc2)C1=O. The first kappa shape index (κ1) is 20.1. The quantitative estimate of drug-likeness (QED) is 0.663. The Kier molecular flexibility index (Phi) is 5.57. The minimum atomic E-state index is -0.858. The summed E-state index contributed by atoms with van der Waals surface area (Å²) in [6.07, 6.45) is 2.59. The summed E-state index contributed by atoms with van der Waals surface area (Å²) in [5, 5.41) is 5.65. The van der Waals surface area contributed by atoms with Gasteiger partial charge in [0.1, 0.15) is 12.1 Å². The van der Waals surface area contributed by atoms with Crippen LogP contribution in [0.15, 0.2) is 60.7 Å². The number of urea groups is 1. The molecule has 6 nitrogen and oxygen atoms in total. The zero-order valence-electron chi connectivity index (χ0n) is 17.1. The van der Waals surface area contributed by atoms with E-state index in [-0.39, 0.29) is 30.2 Å². The van der Waals surface area contributed by atoms with Gasteiger partial charge in [-0.05, 0) is 43.2 Å². The molecular weight excluding hydrogens is 378 g/mol. The van der Waals surface area contributed by atoms with Gasteiger partial charge in [0.25, 0.3) is 5.91 Å². The molecule has 0 aromatic heterocycles. The van der Waals surface area contributed by atoms with Crippen molar-refractivity contribution in [1.82, 2.24) is 15.5 Å². The molecule has 1 atom stereocenters. The van der Waals surface area contributed by atoms with Gasteiger partial charge in [-0.3, -0.25) is 14.5 Å². The summed E-state index contributed by atoms with van der Waals surface area (Å²) in [6.45, 7) is 1.97. The molecule has 0 bridgehead atoms.